The maximum atomic E-state index is 10.0. The predicted octanol–water partition coefficient (Wildman–Crippen LogP) is 1.08. The molecule has 1 N–H and O–H groups in total. The molecule has 0 fully saturated rings. The van der Waals surface area contributed by atoms with E-state index in [-0.39, 0.29) is 0 Å². The molecule has 0 amide bonds. The van der Waals surface area contributed by atoms with Crippen molar-refractivity contribution in [2.45, 2.75) is 6.92 Å². The lowest BCUT2D eigenvalue weighted by Gasteiger charge is -1.80. The van der Waals surface area contributed by atoms with E-state index in [0.717, 1.165) is 6.08 Å². The Morgan fingerprint density at radius 2 is 2.55 bits per heavy atom. The van der Waals surface area contributed by atoms with Crippen LogP contribution in [0.4, 0.5) is 0 Å². The summed E-state index contributed by atoms with van der Waals surface area (Å²) in [5.74, 6) is -0.0287. The number of carbonyl (C=O) groups is 1. The van der Waals surface area contributed by atoms with Gasteiger partial charge < -0.3 is 9.52 Å². The van der Waals surface area contributed by atoms with E-state index < -0.39 is 5.97 Å². The molecule has 0 aliphatic heterocycles. The summed E-state index contributed by atoms with van der Waals surface area (Å²) in [7, 11) is 0. The average molecular weight is 153 g/mol. The van der Waals surface area contributed by atoms with Crippen molar-refractivity contribution in [3.63, 3.8) is 0 Å². The number of aliphatic carboxylic acids is 1. The largest absolute Gasteiger partial charge is 0.478 e. The van der Waals surface area contributed by atoms with E-state index in [1.807, 2.05) is 0 Å². The summed E-state index contributed by atoms with van der Waals surface area (Å²) in [6, 6.07) is 0. The Balaban J connectivity index is 2.71. The minimum Gasteiger partial charge on any atom is -0.478 e. The SMILES string of the molecule is Cc1ncc(/C=C/C(=O)O)o1. The van der Waals surface area contributed by atoms with Gasteiger partial charge in [0.25, 0.3) is 0 Å². The highest BCUT2D eigenvalue weighted by Gasteiger charge is 1.94. The number of oxazole rings is 1. The number of rotatable bonds is 2. The highest BCUT2D eigenvalue weighted by atomic mass is 16.4. The predicted molar refractivity (Wildman–Crippen MR) is 37.9 cm³/mol. The van der Waals surface area contributed by atoms with Crippen LogP contribution in [0.5, 0.6) is 0 Å². The molecule has 4 nitrogen and oxygen atoms in total. The van der Waals surface area contributed by atoms with Crippen LogP contribution < -0.4 is 0 Å². The highest BCUT2D eigenvalue weighted by Crippen LogP contribution is 2.03. The lowest BCUT2D eigenvalue weighted by Crippen LogP contribution is -1.84. The van der Waals surface area contributed by atoms with Gasteiger partial charge in [0.1, 0.15) is 5.76 Å². The molecule has 0 bridgehead atoms. The highest BCUT2D eigenvalue weighted by molar-refractivity contribution is 5.84. The number of aromatic nitrogens is 1. The van der Waals surface area contributed by atoms with Gasteiger partial charge in [0.15, 0.2) is 5.89 Å². The van der Waals surface area contributed by atoms with Gasteiger partial charge in [-0.25, -0.2) is 9.78 Å². The Labute approximate surface area is 63.2 Å². The second-order valence-corrected chi connectivity index (χ2v) is 1.95. The van der Waals surface area contributed by atoms with Crippen LogP contribution in [-0.4, -0.2) is 16.1 Å². The van der Waals surface area contributed by atoms with Crippen molar-refractivity contribution in [1.82, 2.24) is 4.98 Å². The van der Waals surface area contributed by atoms with Crippen LogP contribution in [0.15, 0.2) is 16.7 Å². The quantitative estimate of drug-likeness (QED) is 0.645. The Morgan fingerprint density at radius 3 is 3.00 bits per heavy atom. The van der Waals surface area contributed by atoms with Crippen LogP contribution in [0.1, 0.15) is 11.7 Å². The summed E-state index contributed by atoms with van der Waals surface area (Å²) in [6.45, 7) is 1.69. The Hall–Kier alpha value is -1.58. The molecule has 1 heterocycles. The van der Waals surface area contributed by atoms with Gasteiger partial charge in [0.05, 0.1) is 6.20 Å². The van der Waals surface area contributed by atoms with Gasteiger partial charge in [-0.3, -0.25) is 0 Å². The monoisotopic (exact) mass is 153 g/mol. The van der Waals surface area contributed by atoms with Crippen LogP contribution in [0.25, 0.3) is 6.08 Å². The lowest BCUT2D eigenvalue weighted by molar-refractivity contribution is -0.131. The third-order valence-electron chi connectivity index (χ3n) is 1.03. The van der Waals surface area contributed by atoms with Crippen molar-refractivity contribution in [1.29, 1.82) is 0 Å². The van der Waals surface area contributed by atoms with E-state index in [4.69, 9.17) is 9.52 Å². The maximum Gasteiger partial charge on any atom is 0.328 e. The van der Waals surface area contributed by atoms with Crippen molar-refractivity contribution < 1.29 is 14.3 Å². The first-order chi connectivity index (χ1) is 5.18. The van der Waals surface area contributed by atoms with Crippen LogP contribution in [-0.2, 0) is 4.79 Å². The van der Waals surface area contributed by atoms with Crippen LogP contribution >= 0.6 is 0 Å². The second-order valence-electron chi connectivity index (χ2n) is 1.95. The average Bonchev–Trinajstić information content (AvgIpc) is 2.31. The zero-order valence-electron chi connectivity index (χ0n) is 5.94. The number of carboxylic acid groups (broad SMARTS) is 1. The molecule has 4 heteroatoms. The fourth-order valence-electron chi connectivity index (χ4n) is 0.608. The molecule has 0 saturated heterocycles. The lowest BCUT2D eigenvalue weighted by atomic mass is 10.4. The summed E-state index contributed by atoms with van der Waals surface area (Å²) in [6.07, 6.45) is 3.82. The van der Waals surface area contributed by atoms with Crippen LogP contribution in [0.3, 0.4) is 0 Å². The fraction of sp³-hybridized carbons (Fsp3) is 0.143. The van der Waals surface area contributed by atoms with Crippen molar-refractivity contribution in [3.8, 4) is 0 Å². The van der Waals surface area contributed by atoms with Crippen LogP contribution in [0, 0.1) is 6.92 Å². The van der Waals surface area contributed by atoms with Crippen molar-refractivity contribution in [2.75, 3.05) is 0 Å². The van der Waals surface area contributed by atoms with Crippen LogP contribution in [0.2, 0.25) is 0 Å². The fourth-order valence-corrected chi connectivity index (χ4v) is 0.608. The number of carboxylic acids is 1. The maximum absolute atomic E-state index is 10.0. The minimum atomic E-state index is -1.00. The number of hydrogen-bond donors (Lipinski definition) is 1. The van der Waals surface area contributed by atoms with E-state index in [9.17, 15) is 4.79 Å². The molecule has 58 valence electrons. The molecule has 0 aliphatic rings. The van der Waals surface area contributed by atoms with Gasteiger partial charge >= 0.3 is 5.97 Å². The van der Waals surface area contributed by atoms with E-state index in [0.29, 0.717) is 11.7 Å². The molecule has 0 unspecified atom stereocenters. The van der Waals surface area contributed by atoms with Crippen molar-refractivity contribution in [2.24, 2.45) is 0 Å². The molecular weight excluding hydrogens is 146 g/mol. The molecule has 1 aromatic rings. The van der Waals surface area contributed by atoms with Gasteiger partial charge in [0.2, 0.25) is 0 Å². The minimum absolute atomic E-state index is 0.449. The topological polar surface area (TPSA) is 63.3 Å². The van der Waals surface area contributed by atoms with Gasteiger partial charge in [-0.05, 0) is 6.08 Å². The standard InChI is InChI=1S/C7H7NO3/c1-5-8-4-6(11-5)2-3-7(9)10/h2-4H,1H3,(H,9,10)/b3-2+. The molecular formula is C7H7NO3. The normalized spacial score (nSPS) is 10.6. The Bertz CT molecular complexity index is 288. The van der Waals surface area contributed by atoms with Gasteiger partial charge in [-0.2, -0.15) is 0 Å². The number of aryl methyl sites for hydroxylation is 1. The van der Waals surface area contributed by atoms with Gasteiger partial charge in [-0.1, -0.05) is 0 Å². The summed E-state index contributed by atoms with van der Waals surface area (Å²) in [5, 5.41) is 8.23. The molecule has 1 aromatic heterocycles. The molecule has 0 saturated carbocycles. The zero-order chi connectivity index (χ0) is 8.27. The Kier molecular flexibility index (Phi) is 2.06. The van der Waals surface area contributed by atoms with E-state index >= 15 is 0 Å². The summed E-state index contributed by atoms with van der Waals surface area (Å²) < 4.78 is 4.97. The molecule has 1 rings (SSSR count). The molecule has 11 heavy (non-hydrogen) atoms. The third kappa shape index (κ3) is 2.25. The third-order valence-corrected chi connectivity index (χ3v) is 1.03. The van der Waals surface area contributed by atoms with E-state index in [1.54, 1.807) is 6.92 Å². The first-order valence-corrected chi connectivity index (χ1v) is 3.02. The second kappa shape index (κ2) is 3.01. The first-order valence-electron chi connectivity index (χ1n) is 3.02. The summed E-state index contributed by atoms with van der Waals surface area (Å²) in [4.78, 5) is 13.8. The Morgan fingerprint density at radius 1 is 1.82 bits per heavy atom. The number of hydrogen-bond acceptors (Lipinski definition) is 3. The van der Waals surface area contributed by atoms with E-state index in [1.165, 1.54) is 12.3 Å². The summed E-state index contributed by atoms with van der Waals surface area (Å²) >= 11 is 0. The van der Waals surface area contributed by atoms with Crippen molar-refractivity contribution in [3.05, 3.63) is 23.9 Å². The first kappa shape index (κ1) is 7.53. The van der Waals surface area contributed by atoms with E-state index in [2.05, 4.69) is 4.98 Å². The molecule has 0 spiro atoms. The zero-order valence-corrected chi connectivity index (χ0v) is 5.94. The molecule has 0 aliphatic carbocycles. The number of nitrogens with zero attached hydrogens (tertiary/aromatic N) is 1. The molecule has 0 atom stereocenters. The smallest absolute Gasteiger partial charge is 0.328 e. The van der Waals surface area contributed by atoms with Gasteiger partial charge in [0, 0.05) is 13.0 Å². The molecule has 0 radical (unpaired) electrons. The summed E-state index contributed by atoms with van der Waals surface area (Å²) in [5.41, 5.74) is 0. The van der Waals surface area contributed by atoms with Crippen molar-refractivity contribution >= 4 is 12.0 Å². The van der Waals surface area contributed by atoms with Gasteiger partial charge in [-0.15, -0.1) is 0 Å². The molecule has 0 aromatic carbocycles.